The van der Waals surface area contributed by atoms with Gasteiger partial charge >= 0.3 is 0 Å². The Balaban J connectivity index is 1.64. The van der Waals surface area contributed by atoms with Crippen molar-refractivity contribution in [2.75, 3.05) is 45.6 Å². The summed E-state index contributed by atoms with van der Waals surface area (Å²) in [5, 5.41) is 11.0. The van der Waals surface area contributed by atoms with Crippen molar-refractivity contribution in [1.29, 1.82) is 0 Å². The van der Waals surface area contributed by atoms with Gasteiger partial charge in [-0.05, 0) is 30.7 Å². The molecule has 0 amide bonds. The maximum Gasteiger partial charge on any atom is 0.270 e. The lowest BCUT2D eigenvalue weighted by molar-refractivity contribution is -0.385. The molecular weight excluding hydrogens is 458 g/mol. The molecule has 1 aliphatic rings. The highest BCUT2D eigenvalue weighted by atomic mass is 32.2. The molecular formula is C20H25N3O7S2. The van der Waals surface area contributed by atoms with Gasteiger partial charge in [0.2, 0.25) is 10.0 Å². The number of ether oxygens (including phenoxy) is 1. The van der Waals surface area contributed by atoms with Gasteiger partial charge in [0.05, 0.1) is 27.6 Å². The van der Waals surface area contributed by atoms with Gasteiger partial charge in [0, 0.05) is 44.9 Å². The average molecular weight is 484 g/mol. The van der Waals surface area contributed by atoms with E-state index in [1.54, 1.807) is 19.1 Å². The lowest BCUT2D eigenvalue weighted by atomic mass is 10.2. The molecule has 0 saturated carbocycles. The molecule has 174 valence electrons. The fourth-order valence-corrected chi connectivity index (χ4v) is 6.46. The van der Waals surface area contributed by atoms with E-state index >= 15 is 0 Å². The molecule has 0 unspecified atom stereocenters. The zero-order valence-corrected chi connectivity index (χ0v) is 19.4. The van der Waals surface area contributed by atoms with E-state index in [0.29, 0.717) is 24.4 Å². The molecule has 0 atom stereocenters. The number of rotatable bonds is 8. The number of nitro groups is 1. The molecule has 0 aromatic heterocycles. The monoisotopic (exact) mass is 483 g/mol. The molecule has 1 saturated heterocycles. The van der Waals surface area contributed by atoms with Crippen LogP contribution in [0.3, 0.4) is 0 Å². The van der Waals surface area contributed by atoms with Crippen molar-refractivity contribution in [3.05, 3.63) is 58.1 Å². The normalized spacial score (nSPS) is 16.1. The number of methoxy groups -OCH3 is 1. The molecule has 32 heavy (non-hydrogen) atoms. The molecule has 0 aliphatic carbocycles. The second-order valence-corrected chi connectivity index (χ2v) is 11.5. The maximum absolute atomic E-state index is 13.0. The summed E-state index contributed by atoms with van der Waals surface area (Å²) in [4.78, 5) is 12.4. The number of nitrogens with zero attached hydrogens (tertiary/aromatic N) is 3. The molecule has 2 aromatic rings. The van der Waals surface area contributed by atoms with Crippen LogP contribution in [0.25, 0.3) is 0 Å². The summed E-state index contributed by atoms with van der Waals surface area (Å²) in [6, 6.07) is 10.1. The van der Waals surface area contributed by atoms with E-state index in [4.69, 9.17) is 4.74 Å². The van der Waals surface area contributed by atoms with Crippen LogP contribution in [0, 0.1) is 17.0 Å². The first-order valence-corrected chi connectivity index (χ1v) is 13.0. The lowest BCUT2D eigenvalue weighted by Gasteiger charge is -2.34. The average Bonchev–Trinajstić information content (AvgIpc) is 2.78. The van der Waals surface area contributed by atoms with Gasteiger partial charge in [-0.1, -0.05) is 12.1 Å². The smallest absolute Gasteiger partial charge is 0.270 e. The second kappa shape index (κ2) is 9.53. The van der Waals surface area contributed by atoms with Crippen molar-refractivity contribution >= 4 is 25.5 Å². The van der Waals surface area contributed by atoms with Gasteiger partial charge in [0.1, 0.15) is 5.75 Å². The van der Waals surface area contributed by atoms with Crippen LogP contribution in [0.4, 0.5) is 5.69 Å². The van der Waals surface area contributed by atoms with Gasteiger partial charge in [0.15, 0.2) is 9.84 Å². The summed E-state index contributed by atoms with van der Waals surface area (Å²) >= 11 is 0. The summed E-state index contributed by atoms with van der Waals surface area (Å²) in [6.45, 7) is 2.93. The minimum absolute atomic E-state index is 0.0826. The minimum Gasteiger partial charge on any atom is -0.497 e. The predicted octanol–water partition coefficient (Wildman–Crippen LogP) is 1.69. The minimum atomic E-state index is -3.90. The number of hydrogen-bond acceptors (Lipinski definition) is 8. The van der Waals surface area contributed by atoms with Crippen molar-refractivity contribution < 1.29 is 26.5 Å². The van der Waals surface area contributed by atoms with E-state index in [-0.39, 0.29) is 40.9 Å². The van der Waals surface area contributed by atoms with Gasteiger partial charge in [-0.25, -0.2) is 16.8 Å². The Morgan fingerprint density at radius 2 is 1.72 bits per heavy atom. The molecule has 0 N–H and O–H groups in total. The first-order chi connectivity index (χ1) is 15.0. The Morgan fingerprint density at radius 3 is 2.34 bits per heavy atom. The largest absolute Gasteiger partial charge is 0.497 e. The van der Waals surface area contributed by atoms with Crippen molar-refractivity contribution in [2.45, 2.75) is 16.7 Å². The second-order valence-electron chi connectivity index (χ2n) is 7.45. The highest BCUT2D eigenvalue weighted by Gasteiger charge is 2.31. The number of sulfone groups is 1. The van der Waals surface area contributed by atoms with Crippen molar-refractivity contribution in [2.24, 2.45) is 0 Å². The van der Waals surface area contributed by atoms with Crippen molar-refractivity contribution in [3.63, 3.8) is 0 Å². The van der Waals surface area contributed by atoms with E-state index in [9.17, 15) is 26.9 Å². The predicted molar refractivity (Wildman–Crippen MR) is 118 cm³/mol. The van der Waals surface area contributed by atoms with E-state index in [2.05, 4.69) is 0 Å². The summed E-state index contributed by atoms with van der Waals surface area (Å²) in [7, 11) is -5.94. The third kappa shape index (κ3) is 5.26. The van der Waals surface area contributed by atoms with Gasteiger partial charge < -0.3 is 4.74 Å². The summed E-state index contributed by atoms with van der Waals surface area (Å²) < 4.78 is 57.7. The van der Waals surface area contributed by atoms with Crippen LogP contribution < -0.4 is 4.74 Å². The number of benzene rings is 2. The Morgan fingerprint density at radius 1 is 1.03 bits per heavy atom. The van der Waals surface area contributed by atoms with Crippen LogP contribution in [0.5, 0.6) is 5.75 Å². The number of non-ortho nitro benzene ring substituents is 1. The molecule has 2 aromatic carbocycles. The SMILES string of the molecule is COc1cccc(S(=O)(=O)CCN2CCN(S(=O)(=O)c3cc([N+](=O)[O-])ccc3C)CC2)c1. The molecule has 1 heterocycles. The quantitative estimate of drug-likeness (QED) is 0.410. The van der Waals surface area contributed by atoms with Crippen molar-refractivity contribution in [1.82, 2.24) is 9.21 Å². The first-order valence-electron chi connectivity index (χ1n) is 9.89. The van der Waals surface area contributed by atoms with Gasteiger partial charge in [-0.3, -0.25) is 15.0 Å². The molecule has 1 aliphatic heterocycles. The third-order valence-electron chi connectivity index (χ3n) is 5.41. The van der Waals surface area contributed by atoms with Gasteiger partial charge in [-0.2, -0.15) is 4.31 Å². The Labute approximate surface area is 187 Å². The number of hydrogen-bond donors (Lipinski definition) is 0. The lowest BCUT2D eigenvalue weighted by Crippen LogP contribution is -2.49. The van der Waals surface area contributed by atoms with Crippen LogP contribution in [0.15, 0.2) is 52.3 Å². The standard InChI is InChI=1S/C20H25N3O7S2/c1-16-6-7-17(23(24)25)14-20(16)32(28,29)22-10-8-21(9-11-22)12-13-31(26,27)19-5-3-4-18(15-19)30-2/h3-7,14-15H,8-13H2,1-2H3. The number of sulfonamides is 1. The fourth-order valence-electron chi connectivity index (χ4n) is 3.47. The molecule has 0 bridgehead atoms. The van der Waals surface area contributed by atoms with Crippen LogP contribution in [0.1, 0.15) is 5.56 Å². The van der Waals surface area contributed by atoms with E-state index in [1.807, 2.05) is 4.90 Å². The van der Waals surface area contributed by atoms with Gasteiger partial charge in [-0.15, -0.1) is 0 Å². The number of aryl methyl sites for hydroxylation is 1. The maximum atomic E-state index is 13.0. The number of piperazine rings is 1. The van der Waals surface area contributed by atoms with E-state index < -0.39 is 24.8 Å². The Kier molecular flexibility index (Phi) is 7.18. The Hall–Kier alpha value is -2.54. The van der Waals surface area contributed by atoms with Gasteiger partial charge in [0.25, 0.3) is 5.69 Å². The highest BCUT2D eigenvalue weighted by molar-refractivity contribution is 7.91. The molecule has 0 radical (unpaired) electrons. The van der Waals surface area contributed by atoms with Crippen molar-refractivity contribution in [3.8, 4) is 5.75 Å². The van der Waals surface area contributed by atoms with Crippen LogP contribution in [-0.4, -0.2) is 76.6 Å². The highest BCUT2D eigenvalue weighted by Crippen LogP contribution is 2.26. The Bertz CT molecular complexity index is 1210. The van der Waals surface area contributed by atoms with Crippen LogP contribution in [-0.2, 0) is 19.9 Å². The number of nitro benzene ring substituents is 1. The molecule has 0 spiro atoms. The topological polar surface area (TPSA) is 127 Å². The molecule has 12 heteroatoms. The summed E-state index contributed by atoms with van der Waals surface area (Å²) in [5.41, 5.74) is 0.151. The van der Waals surface area contributed by atoms with Crippen LogP contribution in [0.2, 0.25) is 0 Å². The summed E-state index contributed by atoms with van der Waals surface area (Å²) in [5.74, 6) is 0.359. The fraction of sp³-hybridized carbons (Fsp3) is 0.400. The molecule has 10 nitrogen and oxygen atoms in total. The third-order valence-corrected chi connectivity index (χ3v) is 9.14. The molecule has 1 fully saturated rings. The summed E-state index contributed by atoms with van der Waals surface area (Å²) in [6.07, 6.45) is 0. The zero-order chi connectivity index (χ0) is 23.5. The zero-order valence-electron chi connectivity index (χ0n) is 17.8. The van der Waals surface area contributed by atoms with E-state index in [1.165, 1.54) is 35.7 Å². The first kappa shape index (κ1) is 24.1. The van der Waals surface area contributed by atoms with E-state index in [0.717, 1.165) is 6.07 Å². The molecule has 3 rings (SSSR count). The van der Waals surface area contributed by atoms with Crippen LogP contribution >= 0.6 is 0 Å².